The summed E-state index contributed by atoms with van der Waals surface area (Å²) in [6.45, 7) is 4.37. The fraction of sp³-hybridized carbons (Fsp3) is 0.235. The third-order valence-electron chi connectivity index (χ3n) is 3.52. The van der Waals surface area contributed by atoms with Gasteiger partial charge in [-0.25, -0.2) is 0 Å². The van der Waals surface area contributed by atoms with Crippen LogP contribution in [0.5, 0.6) is 0 Å². The number of anilines is 1. The second kappa shape index (κ2) is 7.23. The number of amides is 1. The van der Waals surface area contributed by atoms with Gasteiger partial charge in [0.05, 0.1) is 5.56 Å². The summed E-state index contributed by atoms with van der Waals surface area (Å²) < 4.78 is 1.65. The Kier molecular flexibility index (Phi) is 5.59. The lowest BCUT2D eigenvalue weighted by Crippen LogP contribution is -2.12. The summed E-state index contributed by atoms with van der Waals surface area (Å²) >= 11 is 6.79. The van der Waals surface area contributed by atoms with Crippen LogP contribution in [0.2, 0.25) is 0 Å². The van der Waals surface area contributed by atoms with E-state index in [1.165, 1.54) is 5.56 Å². The summed E-state index contributed by atoms with van der Waals surface area (Å²) in [4.78, 5) is 12.3. The molecular formula is C17H17Br2NO. The van der Waals surface area contributed by atoms with Gasteiger partial charge >= 0.3 is 0 Å². The van der Waals surface area contributed by atoms with E-state index >= 15 is 0 Å². The number of halogens is 2. The monoisotopic (exact) mass is 409 g/mol. The van der Waals surface area contributed by atoms with Gasteiger partial charge in [0, 0.05) is 14.6 Å². The average molecular weight is 411 g/mol. The first kappa shape index (κ1) is 16.2. The van der Waals surface area contributed by atoms with Crippen molar-refractivity contribution in [3.05, 3.63) is 62.5 Å². The Balaban J connectivity index is 2.14. The van der Waals surface area contributed by atoms with Crippen LogP contribution in [0.25, 0.3) is 0 Å². The summed E-state index contributed by atoms with van der Waals surface area (Å²) in [5.74, 6) is 0.411. The Hall–Kier alpha value is -1.13. The van der Waals surface area contributed by atoms with E-state index in [0.29, 0.717) is 11.5 Å². The van der Waals surface area contributed by atoms with Gasteiger partial charge in [-0.3, -0.25) is 4.79 Å². The Bertz CT molecular complexity index is 638. The second-order valence-electron chi connectivity index (χ2n) is 5.01. The lowest BCUT2D eigenvalue weighted by molar-refractivity contribution is 0.102. The van der Waals surface area contributed by atoms with Crippen molar-refractivity contribution in [2.45, 2.75) is 26.2 Å². The molecule has 1 unspecified atom stereocenters. The van der Waals surface area contributed by atoms with Crippen LogP contribution in [0.15, 0.2) is 51.4 Å². The normalized spacial score (nSPS) is 12.0. The van der Waals surface area contributed by atoms with Gasteiger partial charge in [-0.15, -0.1) is 0 Å². The number of carbonyl (C=O) groups excluding carboxylic acids is 1. The Morgan fingerprint density at radius 3 is 2.43 bits per heavy atom. The number of carbonyl (C=O) groups is 1. The maximum Gasteiger partial charge on any atom is 0.256 e. The first-order valence-electron chi connectivity index (χ1n) is 6.87. The molecule has 0 saturated carbocycles. The van der Waals surface area contributed by atoms with Crippen LogP contribution in [-0.2, 0) is 0 Å². The molecule has 0 heterocycles. The lowest BCUT2D eigenvalue weighted by Gasteiger charge is -2.11. The van der Waals surface area contributed by atoms with Crippen molar-refractivity contribution in [1.29, 1.82) is 0 Å². The van der Waals surface area contributed by atoms with E-state index in [9.17, 15) is 4.79 Å². The highest BCUT2D eigenvalue weighted by Gasteiger charge is 2.11. The fourth-order valence-corrected chi connectivity index (χ4v) is 2.79. The Labute approximate surface area is 142 Å². The number of benzene rings is 2. The van der Waals surface area contributed by atoms with Crippen molar-refractivity contribution < 1.29 is 4.79 Å². The molecule has 1 N–H and O–H groups in total. The molecule has 0 fully saturated rings. The lowest BCUT2D eigenvalue weighted by atomic mass is 9.98. The molecule has 0 radical (unpaired) electrons. The molecule has 0 aliphatic heterocycles. The van der Waals surface area contributed by atoms with Crippen LogP contribution < -0.4 is 5.32 Å². The molecule has 0 saturated heterocycles. The van der Waals surface area contributed by atoms with Gasteiger partial charge < -0.3 is 5.32 Å². The molecule has 2 aromatic rings. The molecule has 4 heteroatoms. The molecule has 2 aromatic carbocycles. The third-order valence-corrected chi connectivity index (χ3v) is 4.71. The molecule has 0 aliphatic carbocycles. The zero-order valence-corrected chi connectivity index (χ0v) is 15.2. The Morgan fingerprint density at radius 1 is 1.14 bits per heavy atom. The Morgan fingerprint density at radius 2 is 1.81 bits per heavy atom. The summed E-state index contributed by atoms with van der Waals surface area (Å²) in [6, 6.07) is 13.6. The van der Waals surface area contributed by atoms with Crippen LogP contribution in [0.3, 0.4) is 0 Å². The van der Waals surface area contributed by atoms with E-state index < -0.39 is 0 Å². The summed E-state index contributed by atoms with van der Waals surface area (Å²) in [5, 5.41) is 2.92. The number of hydrogen-bond donors (Lipinski definition) is 1. The summed E-state index contributed by atoms with van der Waals surface area (Å²) in [5.41, 5.74) is 2.70. The predicted octanol–water partition coefficient (Wildman–Crippen LogP) is 5.98. The van der Waals surface area contributed by atoms with Crippen molar-refractivity contribution in [1.82, 2.24) is 0 Å². The fourth-order valence-electron chi connectivity index (χ4n) is 2.00. The van der Waals surface area contributed by atoms with Crippen LogP contribution in [0.1, 0.15) is 42.1 Å². The van der Waals surface area contributed by atoms with Crippen molar-refractivity contribution in [2.24, 2.45) is 0 Å². The topological polar surface area (TPSA) is 29.1 Å². The minimum absolute atomic E-state index is 0.125. The molecule has 110 valence electrons. The highest BCUT2D eigenvalue weighted by molar-refractivity contribution is 9.11. The number of rotatable bonds is 4. The zero-order valence-electron chi connectivity index (χ0n) is 12.0. The first-order valence-corrected chi connectivity index (χ1v) is 8.46. The molecule has 0 spiro atoms. The van der Waals surface area contributed by atoms with E-state index in [4.69, 9.17) is 0 Å². The molecule has 0 aromatic heterocycles. The van der Waals surface area contributed by atoms with Crippen LogP contribution >= 0.6 is 31.9 Å². The molecule has 21 heavy (non-hydrogen) atoms. The van der Waals surface area contributed by atoms with Crippen LogP contribution in [-0.4, -0.2) is 5.91 Å². The number of nitrogens with one attached hydrogen (secondary N) is 1. The predicted molar refractivity (Wildman–Crippen MR) is 94.9 cm³/mol. The van der Waals surface area contributed by atoms with Gasteiger partial charge in [0.25, 0.3) is 5.91 Å². The van der Waals surface area contributed by atoms with Crippen molar-refractivity contribution in [2.75, 3.05) is 5.32 Å². The van der Waals surface area contributed by atoms with Gasteiger partial charge in [-0.2, -0.15) is 0 Å². The average Bonchev–Trinajstić information content (AvgIpc) is 2.49. The van der Waals surface area contributed by atoms with E-state index in [2.05, 4.69) is 63.2 Å². The second-order valence-corrected chi connectivity index (χ2v) is 6.78. The SMILES string of the molecule is CCC(C)c1ccc(NC(=O)c2cc(Br)ccc2Br)cc1. The zero-order chi connectivity index (χ0) is 15.4. The molecular weight excluding hydrogens is 394 g/mol. The third kappa shape index (κ3) is 4.17. The molecule has 0 bridgehead atoms. The van der Waals surface area contributed by atoms with E-state index in [0.717, 1.165) is 21.1 Å². The quantitative estimate of drug-likeness (QED) is 0.660. The minimum Gasteiger partial charge on any atom is -0.322 e. The first-order chi connectivity index (χ1) is 10.0. The van der Waals surface area contributed by atoms with Gasteiger partial charge in [-0.05, 0) is 64.2 Å². The van der Waals surface area contributed by atoms with Gasteiger partial charge in [0.15, 0.2) is 0 Å². The summed E-state index contributed by atoms with van der Waals surface area (Å²) in [6.07, 6.45) is 1.11. The highest BCUT2D eigenvalue weighted by atomic mass is 79.9. The van der Waals surface area contributed by atoms with Crippen LogP contribution in [0, 0.1) is 0 Å². The minimum atomic E-state index is -0.125. The maximum absolute atomic E-state index is 12.3. The molecule has 1 amide bonds. The van der Waals surface area contributed by atoms with Crippen LogP contribution in [0.4, 0.5) is 5.69 Å². The molecule has 1 atom stereocenters. The van der Waals surface area contributed by atoms with E-state index in [-0.39, 0.29) is 5.91 Å². The van der Waals surface area contributed by atoms with Crippen molar-refractivity contribution >= 4 is 43.5 Å². The molecule has 2 nitrogen and oxygen atoms in total. The summed E-state index contributed by atoms with van der Waals surface area (Å²) in [7, 11) is 0. The maximum atomic E-state index is 12.3. The van der Waals surface area contributed by atoms with Crippen molar-refractivity contribution in [3.63, 3.8) is 0 Å². The van der Waals surface area contributed by atoms with E-state index in [1.54, 1.807) is 6.07 Å². The van der Waals surface area contributed by atoms with Gasteiger partial charge in [0.2, 0.25) is 0 Å². The number of hydrogen-bond acceptors (Lipinski definition) is 1. The van der Waals surface area contributed by atoms with Gasteiger partial charge in [-0.1, -0.05) is 41.9 Å². The van der Waals surface area contributed by atoms with Crippen molar-refractivity contribution in [3.8, 4) is 0 Å². The largest absolute Gasteiger partial charge is 0.322 e. The van der Waals surface area contributed by atoms with Gasteiger partial charge in [0.1, 0.15) is 0 Å². The standard InChI is InChI=1S/C17H17Br2NO/c1-3-11(2)12-4-7-14(8-5-12)20-17(21)15-10-13(18)6-9-16(15)19/h4-11H,3H2,1-2H3,(H,20,21). The molecule has 0 aliphatic rings. The smallest absolute Gasteiger partial charge is 0.256 e. The van der Waals surface area contributed by atoms with E-state index in [1.807, 2.05) is 24.3 Å². The highest BCUT2D eigenvalue weighted by Crippen LogP contribution is 2.24. The molecule has 2 rings (SSSR count).